The van der Waals surface area contributed by atoms with Gasteiger partial charge in [0.1, 0.15) is 0 Å². The van der Waals surface area contributed by atoms with Crippen LogP contribution in [0.5, 0.6) is 0 Å². The first kappa shape index (κ1) is 14.6. The van der Waals surface area contributed by atoms with Crippen molar-refractivity contribution >= 4 is 11.8 Å². The van der Waals surface area contributed by atoms with E-state index in [1.165, 1.54) is 0 Å². The standard InChI is InChI=1S/C16H19NO3S/c1-12(21-11-16(8-18)9-19-10-16)15-17-7-14(20-15)13-5-3-2-4-6-13/h2-7,12,18H,8-11H2,1H3. The van der Waals surface area contributed by atoms with Crippen molar-refractivity contribution in [2.45, 2.75) is 12.2 Å². The van der Waals surface area contributed by atoms with Gasteiger partial charge in [-0.15, -0.1) is 11.8 Å². The second-order valence-electron chi connectivity index (χ2n) is 5.53. The van der Waals surface area contributed by atoms with Crippen molar-refractivity contribution < 1.29 is 14.3 Å². The zero-order valence-corrected chi connectivity index (χ0v) is 12.8. The van der Waals surface area contributed by atoms with Crippen LogP contribution in [-0.4, -0.2) is 35.7 Å². The Kier molecular flexibility index (Phi) is 4.33. The lowest BCUT2D eigenvalue weighted by atomic mass is 9.90. The number of nitrogens with zero attached hydrogens (tertiary/aromatic N) is 1. The van der Waals surface area contributed by atoms with Crippen molar-refractivity contribution in [2.75, 3.05) is 25.6 Å². The number of aliphatic hydroxyl groups excluding tert-OH is 1. The molecule has 2 aromatic rings. The molecule has 5 heteroatoms. The molecule has 0 saturated carbocycles. The van der Waals surface area contributed by atoms with Crippen molar-refractivity contribution in [3.63, 3.8) is 0 Å². The van der Waals surface area contributed by atoms with E-state index in [-0.39, 0.29) is 17.3 Å². The van der Waals surface area contributed by atoms with Crippen LogP contribution >= 0.6 is 11.8 Å². The molecule has 0 radical (unpaired) electrons. The Morgan fingerprint density at radius 2 is 2.10 bits per heavy atom. The van der Waals surface area contributed by atoms with Crippen LogP contribution in [0.25, 0.3) is 11.3 Å². The molecule has 112 valence electrons. The van der Waals surface area contributed by atoms with Crippen LogP contribution in [0.4, 0.5) is 0 Å². The molecule has 1 aliphatic heterocycles. The number of thioether (sulfide) groups is 1. The molecular formula is C16H19NO3S. The number of benzene rings is 1. The zero-order chi connectivity index (χ0) is 14.7. The summed E-state index contributed by atoms with van der Waals surface area (Å²) in [5.74, 6) is 2.38. The Morgan fingerprint density at radius 3 is 2.71 bits per heavy atom. The summed E-state index contributed by atoms with van der Waals surface area (Å²) in [6.45, 7) is 3.54. The minimum absolute atomic E-state index is 0.0756. The Balaban J connectivity index is 1.63. The molecule has 0 aliphatic carbocycles. The first-order valence-corrected chi connectivity index (χ1v) is 8.09. The minimum Gasteiger partial charge on any atom is -0.440 e. The van der Waals surface area contributed by atoms with Crippen molar-refractivity contribution in [1.82, 2.24) is 4.98 Å². The minimum atomic E-state index is -0.0756. The van der Waals surface area contributed by atoms with Crippen molar-refractivity contribution in [3.05, 3.63) is 42.4 Å². The molecular weight excluding hydrogens is 286 g/mol. The molecule has 2 heterocycles. The lowest BCUT2D eigenvalue weighted by Gasteiger charge is -2.39. The molecule has 3 rings (SSSR count). The fourth-order valence-corrected chi connectivity index (χ4v) is 3.31. The summed E-state index contributed by atoms with van der Waals surface area (Å²) < 4.78 is 11.1. The number of rotatable bonds is 6. The van der Waals surface area contributed by atoms with Gasteiger partial charge in [0.15, 0.2) is 5.76 Å². The molecule has 1 saturated heterocycles. The molecule has 1 aromatic carbocycles. The molecule has 1 aromatic heterocycles. The SMILES string of the molecule is CC(SCC1(CO)COC1)c1ncc(-c2ccccc2)o1. The second-order valence-corrected chi connectivity index (χ2v) is 6.86. The second kappa shape index (κ2) is 6.22. The van der Waals surface area contributed by atoms with E-state index in [1.54, 1.807) is 18.0 Å². The molecule has 21 heavy (non-hydrogen) atoms. The van der Waals surface area contributed by atoms with Crippen LogP contribution < -0.4 is 0 Å². The summed E-state index contributed by atoms with van der Waals surface area (Å²) in [6.07, 6.45) is 1.77. The lowest BCUT2D eigenvalue weighted by Crippen LogP contribution is -2.47. The summed E-state index contributed by atoms with van der Waals surface area (Å²) in [4.78, 5) is 4.38. The molecule has 1 aliphatic rings. The van der Waals surface area contributed by atoms with Crippen LogP contribution in [0.3, 0.4) is 0 Å². The highest BCUT2D eigenvalue weighted by molar-refractivity contribution is 7.99. The molecule has 1 N–H and O–H groups in total. The summed E-state index contributed by atoms with van der Waals surface area (Å²) in [7, 11) is 0. The van der Waals surface area contributed by atoms with Gasteiger partial charge in [0.25, 0.3) is 0 Å². The van der Waals surface area contributed by atoms with Gasteiger partial charge in [0.2, 0.25) is 5.89 Å². The molecule has 1 unspecified atom stereocenters. The normalized spacial score (nSPS) is 18.2. The quantitative estimate of drug-likeness (QED) is 0.888. The van der Waals surface area contributed by atoms with Crippen LogP contribution in [0, 0.1) is 5.41 Å². The van der Waals surface area contributed by atoms with Crippen LogP contribution in [-0.2, 0) is 4.74 Å². The smallest absolute Gasteiger partial charge is 0.207 e. The largest absolute Gasteiger partial charge is 0.440 e. The zero-order valence-electron chi connectivity index (χ0n) is 12.0. The Labute approximate surface area is 128 Å². The summed E-state index contributed by atoms with van der Waals surface area (Å²) in [6, 6.07) is 9.96. The number of hydrogen-bond donors (Lipinski definition) is 1. The topological polar surface area (TPSA) is 55.5 Å². The fraction of sp³-hybridized carbons (Fsp3) is 0.438. The van der Waals surface area contributed by atoms with Gasteiger partial charge in [-0.3, -0.25) is 0 Å². The Morgan fingerprint density at radius 1 is 1.33 bits per heavy atom. The average Bonchev–Trinajstić information content (AvgIpc) is 2.97. The van der Waals surface area contributed by atoms with Gasteiger partial charge < -0.3 is 14.3 Å². The predicted molar refractivity (Wildman–Crippen MR) is 83.1 cm³/mol. The van der Waals surface area contributed by atoms with Crippen molar-refractivity contribution in [3.8, 4) is 11.3 Å². The maximum atomic E-state index is 9.44. The predicted octanol–water partition coefficient (Wildman–Crippen LogP) is 3.14. The number of aromatic nitrogens is 1. The summed E-state index contributed by atoms with van der Waals surface area (Å²) in [5, 5.41) is 9.60. The van der Waals surface area contributed by atoms with Crippen molar-refractivity contribution in [1.29, 1.82) is 0 Å². The highest BCUT2D eigenvalue weighted by Crippen LogP contribution is 2.38. The molecule has 0 bridgehead atoms. The average molecular weight is 305 g/mol. The van der Waals surface area contributed by atoms with Gasteiger partial charge in [-0.2, -0.15) is 0 Å². The van der Waals surface area contributed by atoms with Crippen molar-refractivity contribution in [2.24, 2.45) is 5.41 Å². The number of hydrogen-bond acceptors (Lipinski definition) is 5. The van der Waals surface area contributed by atoms with Gasteiger partial charge in [-0.25, -0.2) is 4.98 Å². The molecule has 0 spiro atoms. The highest BCUT2D eigenvalue weighted by atomic mass is 32.2. The van der Waals surface area contributed by atoms with Crippen LogP contribution in [0.2, 0.25) is 0 Å². The third-order valence-electron chi connectivity index (χ3n) is 3.72. The third kappa shape index (κ3) is 3.15. The summed E-state index contributed by atoms with van der Waals surface area (Å²) in [5.41, 5.74) is 0.959. The van der Waals surface area contributed by atoms with Gasteiger partial charge in [-0.05, 0) is 6.92 Å². The number of oxazole rings is 1. The van der Waals surface area contributed by atoms with E-state index in [9.17, 15) is 5.11 Å². The van der Waals surface area contributed by atoms with Gasteiger partial charge in [-0.1, -0.05) is 30.3 Å². The third-order valence-corrected chi connectivity index (χ3v) is 5.20. The fourth-order valence-electron chi connectivity index (χ4n) is 2.20. The number of aliphatic hydroxyl groups is 1. The van der Waals surface area contributed by atoms with Gasteiger partial charge in [0.05, 0.1) is 31.3 Å². The van der Waals surface area contributed by atoms with E-state index in [0.29, 0.717) is 13.2 Å². The molecule has 4 nitrogen and oxygen atoms in total. The maximum absolute atomic E-state index is 9.44. The highest BCUT2D eigenvalue weighted by Gasteiger charge is 2.38. The van der Waals surface area contributed by atoms with E-state index in [4.69, 9.17) is 9.15 Å². The summed E-state index contributed by atoms with van der Waals surface area (Å²) >= 11 is 1.75. The van der Waals surface area contributed by atoms with E-state index >= 15 is 0 Å². The molecule has 0 amide bonds. The monoisotopic (exact) mass is 305 g/mol. The Hall–Kier alpha value is -1.30. The lowest BCUT2D eigenvalue weighted by molar-refractivity contribution is -0.121. The van der Waals surface area contributed by atoms with E-state index in [2.05, 4.69) is 11.9 Å². The molecule has 1 atom stereocenters. The van der Waals surface area contributed by atoms with E-state index in [0.717, 1.165) is 23.0 Å². The van der Waals surface area contributed by atoms with Crippen LogP contribution in [0.1, 0.15) is 18.1 Å². The van der Waals surface area contributed by atoms with E-state index in [1.807, 2.05) is 30.3 Å². The maximum Gasteiger partial charge on any atom is 0.207 e. The van der Waals surface area contributed by atoms with Gasteiger partial charge in [0, 0.05) is 16.7 Å². The molecule has 1 fully saturated rings. The first-order valence-electron chi connectivity index (χ1n) is 7.04. The number of ether oxygens (including phenoxy) is 1. The van der Waals surface area contributed by atoms with Gasteiger partial charge >= 0.3 is 0 Å². The van der Waals surface area contributed by atoms with E-state index < -0.39 is 0 Å². The van der Waals surface area contributed by atoms with Crippen LogP contribution in [0.15, 0.2) is 40.9 Å². The Bertz CT molecular complexity index is 575. The first-order chi connectivity index (χ1) is 10.2.